The van der Waals surface area contributed by atoms with E-state index in [1.54, 1.807) is 0 Å². The number of hydrogen-bond donors (Lipinski definition) is 1. The van der Waals surface area contributed by atoms with Crippen LogP contribution in [0.1, 0.15) is 53.4 Å². The third-order valence-corrected chi connectivity index (χ3v) is 4.97. The highest BCUT2D eigenvalue weighted by atomic mass is 15.2. The van der Waals surface area contributed by atoms with Gasteiger partial charge in [-0.3, -0.25) is 0 Å². The molecule has 1 heterocycles. The van der Waals surface area contributed by atoms with Crippen molar-refractivity contribution < 1.29 is 0 Å². The van der Waals surface area contributed by atoms with Crippen molar-refractivity contribution in [3.8, 4) is 0 Å². The van der Waals surface area contributed by atoms with E-state index in [0.717, 1.165) is 6.54 Å². The summed E-state index contributed by atoms with van der Waals surface area (Å²) in [6.45, 7) is 13.8. The molecule has 1 unspecified atom stereocenters. The highest BCUT2D eigenvalue weighted by Crippen LogP contribution is 2.38. The second-order valence-electron chi connectivity index (χ2n) is 6.04. The van der Waals surface area contributed by atoms with Crippen LogP contribution < -0.4 is 5.73 Å². The van der Waals surface area contributed by atoms with Crippen LogP contribution >= 0.6 is 0 Å². The summed E-state index contributed by atoms with van der Waals surface area (Å²) in [5.41, 5.74) is 6.82. The molecule has 0 bridgehead atoms. The van der Waals surface area contributed by atoms with Gasteiger partial charge in [0.25, 0.3) is 0 Å². The first-order chi connectivity index (χ1) is 7.53. The average Bonchev–Trinajstić information content (AvgIpc) is 2.73. The molecule has 0 aromatic carbocycles. The molecule has 0 radical (unpaired) electrons. The van der Waals surface area contributed by atoms with Crippen molar-refractivity contribution in [3.05, 3.63) is 0 Å². The van der Waals surface area contributed by atoms with Crippen molar-refractivity contribution in [2.45, 2.75) is 53.4 Å². The molecule has 0 aromatic rings. The third kappa shape index (κ3) is 2.98. The fraction of sp³-hybridized carbons (Fsp3) is 1.00. The van der Waals surface area contributed by atoms with Crippen LogP contribution in [0, 0.1) is 10.8 Å². The summed E-state index contributed by atoms with van der Waals surface area (Å²) in [6.07, 6.45) is 5.21. The predicted molar refractivity (Wildman–Crippen MR) is 71.5 cm³/mol. The van der Waals surface area contributed by atoms with Crippen molar-refractivity contribution in [2.24, 2.45) is 16.6 Å². The van der Waals surface area contributed by atoms with Crippen molar-refractivity contribution in [3.63, 3.8) is 0 Å². The van der Waals surface area contributed by atoms with E-state index in [2.05, 4.69) is 32.6 Å². The lowest BCUT2D eigenvalue weighted by atomic mass is 9.81. The van der Waals surface area contributed by atoms with E-state index in [4.69, 9.17) is 5.73 Å². The minimum Gasteiger partial charge on any atom is -0.330 e. The Bertz CT molecular complexity index is 205. The average molecular weight is 226 g/mol. The molecule has 96 valence electrons. The van der Waals surface area contributed by atoms with Crippen LogP contribution in [0.2, 0.25) is 0 Å². The summed E-state index contributed by atoms with van der Waals surface area (Å²) in [5.74, 6) is 0. The Hall–Kier alpha value is -0.0800. The van der Waals surface area contributed by atoms with Crippen LogP contribution in [-0.4, -0.2) is 31.1 Å². The first kappa shape index (κ1) is 14.0. The van der Waals surface area contributed by atoms with E-state index < -0.39 is 0 Å². The summed E-state index contributed by atoms with van der Waals surface area (Å²) in [7, 11) is 0. The minimum absolute atomic E-state index is 0.317. The van der Waals surface area contributed by atoms with Crippen molar-refractivity contribution in [1.29, 1.82) is 0 Å². The van der Waals surface area contributed by atoms with Crippen molar-refractivity contribution in [2.75, 3.05) is 26.2 Å². The number of nitrogens with zero attached hydrogens (tertiary/aromatic N) is 1. The summed E-state index contributed by atoms with van der Waals surface area (Å²) in [4.78, 5) is 2.64. The number of likely N-dealkylation sites (tertiary alicyclic amines) is 1. The molecule has 1 aliphatic rings. The molecule has 1 rings (SSSR count). The minimum atomic E-state index is 0.317. The molecule has 2 N–H and O–H groups in total. The van der Waals surface area contributed by atoms with Crippen LogP contribution in [0.15, 0.2) is 0 Å². The molecule has 0 aliphatic carbocycles. The summed E-state index contributed by atoms with van der Waals surface area (Å²) < 4.78 is 0. The van der Waals surface area contributed by atoms with Gasteiger partial charge in [0.05, 0.1) is 0 Å². The van der Waals surface area contributed by atoms with Gasteiger partial charge in [-0.1, -0.05) is 27.7 Å². The van der Waals surface area contributed by atoms with Crippen LogP contribution in [-0.2, 0) is 0 Å². The molecule has 0 amide bonds. The van der Waals surface area contributed by atoms with E-state index >= 15 is 0 Å². The SMILES string of the molecule is CCC(C)(CN)CN1CCC(CC)(CC)C1. The monoisotopic (exact) mass is 226 g/mol. The Morgan fingerprint density at radius 3 is 2.25 bits per heavy atom. The van der Waals surface area contributed by atoms with Gasteiger partial charge in [0, 0.05) is 13.1 Å². The molecular weight excluding hydrogens is 196 g/mol. The summed E-state index contributed by atoms with van der Waals surface area (Å²) >= 11 is 0. The fourth-order valence-electron chi connectivity index (χ4n) is 2.85. The Morgan fingerprint density at radius 1 is 1.25 bits per heavy atom. The molecular formula is C14H30N2. The molecule has 16 heavy (non-hydrogen) atoms. The highest BCUT2D eigenvalue weighted by Gasteiger charge is 2.37. The molecule has 1 aliphatic heterocycles. The van der Waals surface area contributed by atoms with Gasteiger partial charge in [0.1, 0.15) is 0 Å². The van der Waals surface area contributed by atoms with Gasteiger partial charge in [-0.2, -0.15) is 0 Å². The lowest BCUT2D eigenvalue weighted by Gasteiger charge is -2.33. The van der Waals surface area contributed by atoms with Gasteiger partial charge in [0.2, 0.25) is 0 Å². The van der Waals surface area contributed by atoms with Gasteiger partial charge in [-0.05, 0) is 49.6 Å². The van der Waals surface area contributed by atoms with E-state index in [-0.39, 0.29) is 0 Å². The summed E-state index contributed by atoms with van der Waals surface area (Å²) in [5, 5.41) is 0. The molecule has 1 atom stereocenters. The molecule has 2 nitrogen and oxygen atoms in total. The Morgan fingerprint density at radius 2 is 1.88 bits per heavy atom. The van der Waals surface area contributed by atoms with Gasteiger partial charge in [-0.15, -0.1) is 0 Å². The second-order valence-corrected chi connectivity index (χ2v) is 6.04. The van der Waals surface area contributed by atoms with E-state index in [1.807, 2.05) is 0 Å². The van der Waals surface area contributed by atoms with Crippen LogP contribution in [0.4, 0.5) is 0 Å². The number of nitrogens with two attached hydrogens (primary N) is 1. The zero-order valence-corrected chi connectivity index (χ0v) is 11.7. The molecule has 2 heteroatoms. The predicted octanol–water partition coefficient (Wildman–Crippen LogP) is 2.87. The number of hydrogen-bond acceptors (Lipinski definition) is 2. The largest absolute Gasteiger partial charge is 0.330 e. The van der Waals surface area contributed by atoms with Crippen molar-refractivity contribution >= 4 is 0 Å². The van der Waals surface area contributed by atoms with E-state index in [1.165, 1.54) is 45.3 Å². The maximum atomic E-state index is 5.90. The maximum absolute atomic E-state index is 5.90. The quantitative estimate of drug-likeness (QED) is 0.754. The third-order valence-electron chi connectivity index (χ3n) is 4.97. The Balaban J connectivity index is 2.53. The fourth-order valence-corrected chi connectivity index (χ4v) is 2.85. The smallest absolute Gasteiger partial charge is 0.00475 e. The van der Waals surface area contributed by atoms with E-state index in [9.17, 15) is 0 Å². The molecule has 1 saturated heterocycles. The van der Waals surface area contributed by atoms with Gasteiger partial charge >= 0.3 is 0 Å². The first-order valence-electron chi connectivity index (χ1n) is 6.95. The molecule has 0 saturated carbocycles. The van der Waals surface area contributed by atoms with Crippen LogP contribution in [0.3, 0.4) is 0 Å². The van der Waals surface area contributed by atoms with Crippen LogP contribution in [0.5, 0.6) is 0 Å². The molecule has 0 spiro atoms. The maximum Gasteiger partial charge on any atom is 0.00475 e. The lowest BCUT2D eigenvalue weighted by Crippen LogP contribution is -2.40. The topological polar surface area (TPSA) is 29.3 Å². The van der Waals surface area contributed by atoms with Gasteiger partial charge < -0.3 is 10.6 Å². The van der Waals surface area contributed by atoms with Gasteiger partial charge in [-0.25, -0.2) is 0 Å². The standard InChI is InChI=1S/C14H30N2/c1-5-13(4,10-15)11-16-9-8-14(6-2,7-3)12-16/h5-12,15H2,1-4H3. The molecule has 0 aromatic heterocycles. The van der Waals surface area contributed by atoms with Gasteiger partial charge in [0.15, 0.2) is 0 Å². The first-order valence-corrected chi connectivity index (χ1v) is 6.95. The van der Waals surface area contributed by atoms with Crippen molar-refractivity contribution in [1.82, 2.24) is 4.90 Å². The molecule has 1 fully saturated rings. The second kappa shape index (κ2) is 5.50. The lowest BCUT2D eigenvalue weighted by molar-refractivity contribution is 0.167. The highest BCUT2D eigenvalue weighted by molar-refractivity contribution is 4.90. The number of rotatable bonds is 6. The van der Waals surface area contributed by atoms with E-state index in [0.29, 0.717) is 10.8 Å². The van der Waals surface area contributed by atoms with Crippen LogP contribution in [0.25, 0.3) is 0 Å². The normalized spacial score (nSPS) is 24.6. The Kier molecular flexibility index (Phi) is 4.81. The zero-order valence-electron chi connectivity index (χ0n) is 11.7. The zero-order chi connectivity index (χ0) is 12.2. The summed E-state index contributed by atoms with van der Waals surface area (Å²) in [6, 6.07) is 0. The Labute approximate surface area is 102 Å².